The first-order valence-electron chi connectivity index (χ1n) is 7.43. The molecule has 0 aliphatic heterocycles. The van der Waals surface area contributed by atoms with Crippen molar-refractivity contribution in [3.63, 3.8) is 0 Å². The number of amides is 2. The van der Waals surface area contributed by atoms with Gasteiger partial charge in [0.2, 0.25) is 5.91 Å². The average molecular weight is 360 g/mol. The number of carboxylic acid groups (broad SMARTS) is 1. The van der Waals surface area contributed by atoms with Crippen molar-refractivity contribution in [3.8, 4) is 0 Å². The first-order valence-corrected chi connectivity index (χ1v) is 7.43. The third-order valence-corrected chi connectivity index (χ3v) is 3.15. The number of aliphatic carboxylic acids is 1. The van der Waals surface area contributed by atoms with Crippen LogP contribution in [0, 0.1) is 5.92 Å². The van der Waals surface area contributed by atoms with Crippen LogP contribution in [-0.2, 0) is 15.8 Å². The van der Waals surface area contributed by atoms with Gasteiger partial charge in [-0.05, 0) is 30.5 Å². The van der Waals surface area contributed by atoms with Gasteiger partial charge in [-0.1, -0.05) is 13.8 Å². The highest BCUT2D eigenvalue weighted by Crippen LogP contribution is 2.32. The van der Waals surface area contributed by atoms with Crippen LogP contribution in [0.1, 0.15) is 43.1 Å². The largest absolute Gasteiger partial charge is 0.480 e. The Balaban J connectivity index is 3.18. The fraction of sp³-hybridized carbons (Fsp3) is 0.438. The van der Waals surface area contributed by atoms with Gasteiger partial charge in [0.1, 0.15) is 6.04 Å². The third-order valence-electron chi connectivity index (χ3n) is 3.15. The number of carbonyl (C=O) groups is 3. The lowest BCUT2D eigenvalue weighted by Crippen LogP contribution is -2.41. The number of rotatable bonds is 6. The normalized spacial score (nSPS) is 12.6. The fourth-order valence-electron chi connectivity index (χ4n) is 2.13. The molecule has 2 amide bonds. The SMILES string of the molecule is CC(=O)Nc1cc(C(=O)N[C@@H](CC(C)C)C(=O)O)cc(C(F)(F)F)c1. The van der Waals surface area contributed by atoms with Gasteiger partial charge in [-0.15, -0.1) is 0 Å². The Kier molecular flexibility index (Phi) is 6.55. The zero-order valence-electron chi connectivity index (χ0n) is 13.9. The van der Waals surface area contributed by atoms with E-state index in [1.165, 1.54) is 0 Å². The summed E-state index contributed by atoms with van der Waals surface area (Å²) in [5.41, 5.74) is -1.73. The maximum absolute atomic E-state index is 13.0. The molecule has 25 heavy (non-hydrogen) atoms. The Bertz CT molecular complexity index is 672. The Morgan fingerprint density at radius 3 is 2.20 bits per heavy atom. The molecular formula is C16H19F3N2O4. The van der Waals surface area contributed by atoms with Crippen LogP contribution in [0.2, 0.25) is 0 Å². The standard InChI is InChI=1S/C16H19F3N2O4/c1-8(2)4-13(15(24)25)21-14(23)10-5-11(16(17,18)19)7-12(6-10)20-9(3)22/h5-8,13H,4H2,1-3H3,(H,20,22)(H,21,23)(H,24,25)/t13-/m0/s1. The predicted molar refractivity (Wildman–Crippen MR) is 84.1 cm³/mol. The number of alkyl halides is 3. The number of hydrogen-bond acceptors (Lipinski definition) is 3. The van der Waals surface area contributed by atoms with Crippen LogP contribution >= 0.6 is 0 Å². The molecule has 1 atom stereocenters. The quantitative estimate of drug-likeness (QED) is 0.727. The van der Waals surface area contributed by atoms with Crippen LogP contribution in [0.15, 0.2) is 18.2 Å². The van der Waals surface area contributed by atoms with Gasteiger partial charge in [0.05, 0.1) is 5.56 Å². The summed E-state index contributed by atoms with van der Waals surface area (Å²) in [5, 5.41) is 13.5. The molecule has 0 fully saturated rings. The van der Waals surface area contributed by atoms with Gasteiger partial charge in [0.25, 0.3) is 5.91 Å². The zero-order chi connectivity index (χ0) is 19.4. The van der Waals surface area contributed by atoms with Crippen molar-refractivity contribution in [3.05, 3.63) is 29.3 Å². The molecule has 0 aliphatic rings. The van der Waals surface area contributed by atoms with E-state index < -0.39 is 41.1 Å². The summed E-state index contributed by atoms with van der Waals surface area (Å²) < 4.78 is 38.9. The van der Waals surface area contributed by atoms with Crippen LogP contribution < -0.4 is 10.6 Å². The van der Waals surface area contributed by atoms with E-state index in [9.17, 15) is 27.6 Å². The molecule has 0 saturated heterocycles. The lowest BCUT2D eigenvalue weighted by atomic mass is 10.0. The van der Waals surface area contributed by atoms with E-state index in [1.54, 1.807) is 13.8 Å². The second kappa shape index (κ2) is 8.00. The van der Waals surface area contributed by atoms with Crippen molar-refractivity contribution in [1.29, 1.82) is 0 Å². The third kappa shape index (κ3) is 6.44. The van der Waals surface area contributed by atoms with Crippen molar-refractivity contribution < 1.29 is 32.7 Å². The first-order chi connectivity index (χ1) is 11.4. The molecule has 0 unspecified atom stereocenters. The highest BCUT2D eigenvalue weighted by molar-refractivity contribution is 5.98. The molecule has 0 heterocycles. The molecule has 0 aromatic heterocycles. The summed E-state index contributed by atoms with van der Waals surface area (Å²) in [7, 11) is 0. The molecular weight excluding hydrogens is 341 g/mol. The number of anilines is 1. The fourth-order valence-corrected chi connectivity index (χ4v) is 2.13. The molecule has 3 N–H and O–H groups in total. The van der Waals surface area contributed by atoms with Crippen LogP contribution in [0.5, 0.6) is 0 Å². The molecule has 9 heteroatoms. The van der Waals surface area contributed by atoms with Crippen molar-refractivity contribution in [2.75, 3.05) is 5.32 Å². The maximum Gasteiger partial charge on any atom is 0.416 e. The van der Waals surface area contributed by atoms with Crippen LogP contribution in [0.4, 0.5) is 18.9 Å². The number of benzene rings is 1. The average Bonchev–Trinajstić information content (AvgIpc) is 2.43. The molecule has 0 bridgehead atoms. The second-order valence-corrected chi connectivity index (χ2v) is 5.97. The van der Waals surface area contributed by atoms with Crippen molar-refractivity contribution in [1.82, 2.24) is 5.32 Å². The number of carboxylic acids is 1. The highest BCUT2D eigenvalue weighted by Gasteiger charge is 2.32. The van der Waals surface area contributed by atoms with E-state index in [-0.39, 0.29) is 18.0 Å². The summed E-state index contributed by atoms with van der Waals surface area (Å²) >= 11 is 0. The van der Waals surface area contributed by atoms with E-state index in [2.05, 4.69) is 10.6 Å². The minimum Gasteiger partial charge on any atom is -0.480 e. The van der Waals surface area contributed by atoms with Crippen LogP contribution in [-0.4, -0.2) is 28.9 Å². The lowest BCUT2D eigenvalue weighted by Gasteiger charge is -2.17. The van der Waals surface area contributed by atoms with Gasteiger partial charge in [0, 0.05) is 18.2 Å². The molecule has 0 aliphatic carbocycles. The topological polar surface area (TPSA) is 95.5 Å². The maximum atomic E-state index is 13.0. The first kappa shape index (κ1) is 20.5. The summed E-state index contributed by atoms with van der Waals surface area (Å²) in [5.74, 6) is -2.89. The summed E-state index contributed by atoms with van der Waals surface area (Å²) in [6, 6.07) is 1.13. The van der Waals surface area contributed by atoms with E-state index in [4.69, 9.17) is 5.11 Å². The molecule has 138 valence electrons. The van der Waals surface area contributed by atoms with Gasteiger partial charge in [-0.3, -0.25) is 9.59 Å². The molecule has 1 aromatic carbocycles. The predicted octanol–water partition coefficient (Wildman–Crippen LogP) is 2.89. The number of nitrogens with one attached hydrogen (secondary N) is 2. The lowest BCUT2D eigenvalue weighted by molar-refractivity contribution is -0.140. The van der Waals surface area contributed by atoms with Gasteiger partial charge in [-0.2, -0.15) is 13.2 Å². The monoisotopic (exact) mass is 360 g/mol. The van der Waals surface area contributed by atoms with Crippen molar-refractivity contribution in [2.45, 2.75) is 39.4 Å². The van der Waals surface area contributed by atoms with Gasteiger partial charge in [-0.25, -0.2) is 4.79 Å². The Hall–Kier alpha value is -2.58. The minimum absolute atomic E-state index is 0.0437. The zero-order valence-corrected chi connectivity index (χ0v) is 13.9. The van der Waals surface area contributed by atoms with Gasteiger partial charge < -0.3 is 15.7 Å². The van der Waals surface area contributed by atoms with Gasteiger partial charge in [0.15, 0.2) is 0 Å². The Morgan fingerprint density at radius 1 is 1.16 bits per heavy atom. The van der Waals surface area contributed by atoms with Gasteiger partial charge >= 0.3 is 12.1 Å². The van der Waals surface area contributed by atoms with E-state index >= 15 is 0 Å². The molecule has 1 aromatic rings. The molecule has 0 saturated carbocycles. The Morgan fingerprint density at radius 2 is 1.76 bits per heavy atom. The van der Waals surface area contributed by atoms with Crippen molar-refractivity contribution in [2.24, 2.45) is 5.92 Å². The summed E-state index contributed by atoms with van der Waals surface area (Å²) in [4.78, 5) is 34.5. The van der Waals surface area contributed by atoms with Crippen molar-refractivity contribution >= 4 is 23.5 Å². The number of hydrogen-bond donors (Lipinski definition) is 3. The number of halogens is 3. The van der Waals surface area contributed by atoms with Crippen LogP contribution in [0.25, 0.3) is 0 Å². The van der Waals surface area contributed by atoms with E-state index in [1.807, 2.05) is 0 Å². The minimum atomic E-state index is -4.73. The molecule has 1 rings (SSSR count). The molecule has 0 spiro atoms. The summed E-state index contributed by atoms with van der Waals surface area (Å²) in [6.45, 7) is 4.62. The van der Waals surface area contributed by atoms with E-state index in [0.717, 1.165) is 13.0 Å². The summed E-state index contributed by atoms with van der Waals surface area (Å²) in [6.07, 6.45) is -4.60. The highest BCUT2D eigenvalue weighted by atomic mass is 19.4. The molecule has 0 radical (unpaired) electrons. The number of carbonyl (C=O) groups excluding carboxylic acids is 2. The molecule has 6 nitrogen and oxygen atoms in total. The van der Waals surface area contributed by atoms with Crippen LogP contribution in [0.3, 0.4) is 0 Å². The van der Waals surface area contributed by atoms with E-state index in [0.29, 0.717) is 12.1 Å². The second-order valence-electron chi connectivity index (χ2n) is 5.97. The Labute approximate surface area is 142 Å². The smallest absolute Gasteiger partial charge is 0.416 e.